The van der Waals surface area contributed by atoms with Crippen LogP contribution in [0.4, 0.5) is 4.39 Å². The van der Waals surface area contributed by atoms with Crippen LogP contribution in [0.5, 0.6) is 0 Å². The SMILES string of the molecule is O=C(CSCc1cc(-c2cccs2)on1)NCCc1c[nH]c2ccc(F)cc12. The van der Waals surface area contributed by atoms with Gasteiger partial charge in [-0.05, 0) is 41.6 Å². The summed E-state index contributed by atoms with van der Waals surface area (Å²) in [7, 11) is 0. The number of rotatable bonds is 8. The van der Waals surface area contributed by atoms with Crippen LogP contribution >= 0.6 is 23.1 Å². The first-order valence-electron chi connectivity index (χ1n) is 8.78. The zero-order valence-electron chi connectivity index (χ0n) is 14.9. The molecule has 0 aliphatic carbocycles. The van der Waals surface area contributed by atoms with E-state index >= 15 is 0 Å². The second kappa shape index (κ2) is 8.62. The number of amides is 1. The molecular weight excluding hydrogens is 397 g/mol. The maximum absolute atomic E-state index is 13.4. The molecule has 4 aromatic rings. The number of nitrogens with one attached hydrogen (secondary N) is 2. The lowest BCUT2D eigenvalue weighted by atomic mass is 10.1. The summed E-state index contributed by atoms with van der Waals surface area (Å²) in [6, 6.07) is 10.5. The third-order valence-electron chi connectivity index (χ3n) is 4.25. The number of carbonyl (C=O) groups excluding carboxylic acids is 1. The summed E-state index contributed by atoms with van der Waals surface area (Å²) in [5.41, 5.74) is 2.71. The molecule has 4 rings (SSSR count). The van der Waals surface area contributed by atoms with Crippen LogP contribution in [0.2, 0.25) is 0 Å². The number of halogens is 1. The molecule has 0 aliphatic rings. The number of aromatic nitrogens is 2. The van der Waals surface area contributed by atoms with Crippen LogP contribution in [0.1, 0.15) is 11.3 Å². The molecule has 0 saturated heterocycles. The Labute approximate surface area is 169 Å². The molecule has 3 aromatic heterocycles. The summed E-state index contributed by atoms with van der Waals surface area (Å²) in [6.45, 7) is 0.509. The van der Waals surface area contributed by atoms with Gasteiger partial charge in [0.2, 0.25) is 5.91 Å². The highest BCUT2D eigenvalue weighted by Crippen LogP contribution is 2.26. The molecule has 0 aliphatic heterocycles. The van der Waals surface area contributed by atoms with Crippen molar-refractivity contribution in [3.8, 4) is 10.6 Å². The number of benzene rings is 1. The molecule has 0 unspecified atom stereocenters. The van der Waals surface area contributed by atoms with Crippen molar-refractivity contribution in [3.05, 3.63) is 65.0 Å². The number of hydrogen-bond donors (Lipinski definition) is 2. The lowest BCUT2D eigenvalue weighted by molar-refractivity contribution is -0.118. The molecular formula is C20H18FN3O2S2. The maximum atomic E-state index is 13.4. The lowest BCUT2D eigenvalue weighted by Crippen LogP contribution is -2.27. The zero-order valence-corrected chi connectivity index (χ0v) is 16.5. The van der Waals surface area contributed by atoms with Gasteiger partial charge in [0, 0.05) is 35.5 Å². The molecule has 0 radical (unpaired) electrons. The Hall–Kier alpha value is -2.58. The van der Waals surface area contributed by atoms with Gasteiger partial charge in [-0.2, -0.15) is 0 Å². The molecule has 0 atom stereocenters. The van der Waals surface area contributed by atoms with Crippen molar-refractivity contribution in [2.24, 2.45) is 0 Å². The summed E-state index contributed by atoms with van der Waals surface area (Å²) in [4.78, 5) is 16.2. The maximum Gasteiger partial charge on any atom is 0.230 e. The Kier molecular flexibility index (Phi) is 5.78. The van der Waals surface area contributed by atoms with Crippen LogP contribution in [-0.2, 0) is 17.0 Å². The molecule has 0 spiro atoms. The molecule has 1 aromatic carbocycles. The quantitative estimate of drug-likeness (QED) is 0.441. The highest BCUT2D eigenvalue weighted by atomic mass is 32.2. The van der Waals surface area contributed by atoms with Gasteiger partial charge in [-0.15, -0.1) is 23.1 Å². The second-order valence-corrected chi connectivity index (χ2v) is 8.19. The number of carbonyl (C=O) groups is 1. The predicted molar refractivity (Wildman–Crippen MR) is 111 cm³/mol. The fourth-order valence-electron chi connectivity index (χ4n) is 2.91. The minimum Gasteiger partial charge on any atom is -0.361 e. The van der Waals surface area contributed by atoms with Crippen molar-refractivity contribution >= 4 is 39.9 Å². The Bertz CT molecular complexity index is 1070. The summed E-state index contributed by atoms with van der Waals surface area (Å²) < 4.78 is 18.7. The highest BCUT2D eigenvalue weighted by molar-refractivity contribution is 7.99. The first kappa shape index (κ1) is 18.8. The van der Waals surface area contributed by atoms with E-state index in [2.05, 4.69) is 15.5 Å². The number of hydrogen-bond acceptors (Lipinski definition) is 5. The summed E-state index contributed by atoms with van der Waals surface area (Å²) in [6.07, 6.45) is 2.51. The molecule has 0 saturated carbocycles. The third-order valence-corrected chi connectivity index (χ3v) is 6.10. The zero-order chi connectivity index (χ0) is 19.3. The van der Waals surface area contributed by atoms with E-state index in [0.717, 1.165) is 32.8 Å². The van der Waals surface area contributed by atoms with E-state index < -0.39 is 0 Å². The van der Waals surface area contributed by atoms with Gasteiger partial charge in [-0.25, -0.2) is 4.39 Å². The van der Waals surface area contributed by atoms with Gasteiger partial charge in [0.05, 0.1) is 16.3 Å². The van der Waals surface area contributed by atoms with Crippen LogP contribution < -0.4 is 5.32 Å². The Balaban J connectivity index is 1.20. The number of thioether (sulfide) groups is 1. The fraction of sp³-hybridized carbons (Fsp3) is 0.200. The number of thiophene rings is 1. The molecule has 8 heteroatoms. The minimum absolute atomic E-state index is 0.0296. The van der Waals surface area contributed by atoms with Gasteiger partial charge in [0.1, 0.15) is 5.82 Å². The van der Waals surface area contributed by atoms with Crippen LogP contribution in [0.25, 0.3) is 21.5 Å². The molecule has 2 N–H and O–H groups in total. The average Bonchev–Trinajstić information content (AvgIpc) is 3.42. The van der Waals surface area contributed by atoms with Crippen LogP contribution in [0, 0.1) is 5.82 Å². The molecule has 28 heavy (non-hydrogen) atoms. The van der Waals surface area contributed by atoms with E-state index in [1.807, 2.05) is 29.8 Å². The topological polar surface area (TPSA) is 70.9 Å². The monoisotopic (exact) mass is 415 g/mol. The van der Waals surface area contributed by atoms with Crippen molar-refractivity contribution < 1.29 is 13.7 Å². The fourth-order valence-corrected chi connectivity index (χ4v) is 4.32. The molecule has 3 heterocycles. The molecule has 0 fully saturated rings. The first-order chi connectivity index (χ1) is 13.7. The van der Waals surface area contributed by atoms with Gasteiger partial charge in [0.25, 0.3) is 0 Å². The van der Waals surface area contributed by atoms with Crippen LogP contribution in [0.15, 0.2) is 52.5 Å². The van der Waals surface area contributed by atoms with Crippen molar-refractivity contribution in [1.82, 2.24) is 15.5 Å². The largest absolute Gasteiger partial charge is 0.361 e. The molecule has 144 valence electrons. The Morgan fingerprint density at radius 3 is 3.11 bits per heavy atom. The number of aromatic amines is 1. The highest BCUT2D eigenvalue weighted by Gasteiger charge is 2.09. The first-order valence-corrected chi connectivity index (χ1v) is 10.8. The molecule has 1 amide bonds. The molecule has 0 bridgehead atoms. The van der Waals surface area contributed by atoms with E-state index in [-0.39, 0.29) is 11.7 Å². The smallest absolute Gasteiger partial charge is 0.230 e. The van der Waals surface area contributed by atoms with Crippen LogP contribution in [0.3, 0.4) is 0 Å². The summed E-state index contributed by atoms with van der Waals surface area (Å²) in [5, 5.41) is 9.80. The van der Waals surface area contributed by atoms with Gasteiger partial charge in [-0.1, -0.05) is 11.2 Å². The van der Waals surface area contributed by atoms with Gasteiger partial charge < -0.3 is 14.8 Å². The summed E-state index contributed by atoms with van der Waals surface area (Å²) in [5.74, 6) is 1.43. The van der Waals surface area contributed by atoms with E-state index in [0.29, 0.717) is 24.5 Å². The predicted octanol–water partition coefficient (Wildman–Crippen LogP) is 4.62. The average molecular weight is 416 g/mol. The summed E-state index contributed by atoms with van der Waals surface area (Å²) >= 11 is 3.09. The third kappa shape index (κ3) is 4.45. The van der Waals surface area contributed by atoms with Crippen molar-refractivity contribution in [2.45, 2.75) is 12.2 Å². The van der Waals surface area contributed by atoms with E-state index in [1.54, 1.807) is 17.4 Å². The second-order valence-electron chi connectivity index (χ2n) is 6.26. The normalized spacial score (nSPS) is 11.2. The Morgan fingerprint density at radius 2 is 2.25 bits per heavy atom. The van der Waals surface area contributed by atoms with Gasteiger partial charge >= 0.3 is 0 Å². The van der Waals surface area contributed by atoms with Crippen molar-refractivity contribution in [1.29, 1.82) is 0 Å². The van der Waals surface area contributed by atoms with E-state index in [9.17, 15) is 9.18 Å². The number of fused-ring (bicyclic) bond motifs is 1. The van der Waals surface area contributed by atoms with Crippen molar-refractivity contribution in [2.75, 3.05) is 12.3 Å². The van der Waals surface area contributed by atoms with Crippen molar-refractivity contribution in [3.63, 3.8) is 0 Å². The van der Waals surface area contributed by atoms with Gasteiger partial charge in [-0.3, -0.25) is 4.79 Å². The van der Waals surface area contributed by atoms with E-state index in [4.69, 9.17) is 4.52 Å². The van der Waals surface area contributed by atoms with Crippen LogP contribution in [-0.4, -0.2) is 28.3 Å². The number of H-pyrrole nitrogens is 1. The van der Waals surface area contributed by atoms with Gasteiger partial charge in [0.15, 0.2) is 5.76 Å². The van der Waals surface area contributed by atoms with E-state index in [1.165, 1.54) is 23.9 Å². The lowest BCUT2D eigenvalue weighted by Gasteiger charge is -2.04. The minimum atomic E-state index is -0.260. The standard InChI is InChI=1S/C20H18FN3O2S2/c21-14-3-4-17-16(8-14)13(10-23-17)5-6-22-20(25)12-27-11-15-9-18(26-24-15)19-2-1-7-28-19/h1-4,7-10,23H,5-6,11-12H2,(H,22,25). The Morgan fingerprint density at radius 1 is 1.32 bits per heavy atom. The molecule has 5 nitrogen and oxygen atoms in total. The number of nitrogens with zero attached hydrogens (tertiary/aromatic N) is 1.